The molecule has 6 heteroatoms. The van der Waals surface area contributed by atoms with Crippen molar-refractivity contribution >= 4 is 5.97 Å². The molecule has 92 valence electrons. The van der Waals surface area contributed by atoms with Gasteiger partial charge in [-0.15, -0.1) is 0 Å². The Kier molecular flexibility index (Phi) is 3.62. The molecule has 1 aliphatic carbocycles. The third-order valence-corrected chi connectivity index (χ3v) is 2.65. The molecule has 0 spiro atoms. The second-order valence-corrected chi connectivity index (χ2v) is 3.84. The number of carbonyl (C=O) groups is 1. The van der Waals surface area contributed by atoms with E-state index >= 15 is 0 Å². The lowest BCUT2D eigenvalue weighted by Gasteiger charge is -2.19. The lowest BCUT2D eigenvalue weighted by molar-refractivity contribution is -0.165. The summed E-state index contributed by atoms with van der Waals surface area (Å²) in [6, 6.07) is 0. The summed E-state index contributed by atoms with van der Waals surface area (Å²) in [6.07, 6.45) is -2.62. The van der Waals surface area contributed by atoms with Crippen molar-refractivity contribution in [3.63, 3.8) is 0 Å². The van der Waals surface area contributed by atoms with Crippen molar-refractivity contribution in [3.05, 3.63) is 11.6 Å². The number of ether oxygens (including phenoxy) is 1. The minimum Gasteiger partial charge on any atom is -0.466 e. The third kappa shape index (κ3) is 2.75. The van der Waals surface area contributed by atoms with Gasteiger partial charge in [0.2, 0.25) is 0 Å². The van der Waals surface area contributed by atoms with Crippen molar-refractivity contribution in [1.82, 2.24) is 5.32 Å². The van der Waals surface area contributed by atoms with E-state index in [1.807, 2.05) is 0 Å². The van der Waals surface area contributed by atoms with Crippen LogP contribution in [0.15, 0.2) is 11.6 Å². The van der Waals surface area contributed by atoms with Crippen molar-refractivity contribution in [2.24, 2.45) is 0 Å². The molecule has 0 amide bonds. The van der Waals surface area contributed by atoms with Crippen LogP contribution in [-0.4, -0.2) is 31.3 Å². The fourth-order valence-electron chi connectivity index (χ4n) is 1.33. The summed E-state index contributed by atoms with van der Waals surface area (Å²) in [4.78, 5) is 10.9. The lowest BCUT2D eigenvalue weighted by atomic mass is 10.2. The van der Waals surface area contributed by atoms with Gasteiger partial charge in [0, 0.05) is 12.1 Å². The number of nitrogens with one attached hydrogen (secondary N) is 1. The smallest absolute Gasteiger partial charge is 0.406 e. The van der Waals surface area contributed by atoms with Crippen LogP contribution < -0.4 is 5.32 Å². The van der Waals surface area contributed by atoms with Crippen LogP contribution in [0.3, 0.4) is 0 Å². The fourth-order valence-corrected chi connectivity index (χ4v) is 1.33. The normalized spacial score (nSPS) is 19.4. The van der Waals surface area contributed by atoms with Crippen LogP contribution in [0, 0.1) is 0 Å². The summed E-state index contributed by atoms with van der Waals surface area (Å²) in [7, 11) is 1.23. The van der Waals surface area contributed by atoms with Gasteiger partial charge in [-0.2, -0.15) is 13.2 Å². The summed E-state index contributed by atoms with van der Waals surface area (Å²) < 4.78 is 41.8. The largest absolute Gasteiger partial charge is 0.466 e. The molecule has 1 saturated carbocycles. The van der Waals surface area contributed by atoms with E-state index in [1.54, 1.807) is 0 Å². The van der Waals surface area contributed by atoms with E-state index in [2.05, 4.69) is 10.1 Å². The number of hydrogen-bond acceptors (Lipinski definition) is 3. The van der Waals surface area contributed by atoms with Crippen LogP contribution in [0.4, 0.5) is 13.2 Å². The van der Waals surface area contributed by atoms with Gasteiger partial charge in [-0.1, -0.05) is 6.08 Å². The second kappa shape index (κ2) is 4.45. The SMILES string of the molecule is COC(=O)C(C)=CCNC1(C(F)(F)F)CC1. The first kappa shape index (κ1) is 13.0. The van der Waals surface area contributed by atoms with Gasteiger partial charge in [0.05, 0.1) is 7.11 Å². The van der Waals surface area contributed by atoms with E-state index in [0.717, 1.165) is 0 Å². The maximum absolute atomic E-state index is 12.5. The highest BCUT2D eigenvalue weighted by molar-refractivity contribution is 5.87. The maximum atomic E-state index is 12.5. The molecule has 0 saturated heterocycles. The van der Waals surface area contributed by atoms with Gasteiger partial charge < -0.3 is 10.1 Å². The lowest BCUT2D eigenvalue weighted by Crippen LogP contribution is -2.44. The number of alkyl halides is 3. The Labute approximate surface area is 91.6 Å². The van der Waals surface area contributed by atoms with Crippen molar-refractivity contribution in [1.29, 1.82) is 0 Å². The maximum Gasteiger partial charge on any atom is 0.406 e. The van der Waals surface area contributed by atoms with Gasteiger partial charge in [0.1, 0.15) is 5.54 Å². The van der Waals surface area contributed by atoms with E-state index in [-0.39, 0.29) is 19.4 Å². The Morgan fingerprint density at radius 3 is 2.44 bits per heavy atom. The second-order valence-electron chi connectivity index (χ2n) is 3.84. The summed E-state index contributed by atoms with van der Waals surface area (Å²) in [5, 5.41) is 2.41. The molecule has 1 rings (SSSR count). The van der Waals surface area contributed by atoms with Gasteiger partial charge >= 0.3 is 12.1 Å². The highest BCUT2D eigenvalue weighted by atomic mass is 19.4. The average Bonchev–Trinajstić information content (AvgIpc) is 2.96. The zero-order chi connectivity index (χ0) is 12.4. The van der Waals surface area contributed by atoms with Crippen LogP contribution in [0.25, 0.3) is 0 Å². The minimum atomic E-state index is -4.22. The van der Waals surface area contributed by atoms with Gasteiger partial charge in [-0.3, -0.25) is 0 Å². The van der Waals surface area contributed by atoms with Gasteiger partial charge in [0.25, 0.3) is 0 Å². The highest BCUT2D eigenvalue weighted by Gasteiger charge is 2.62. The van der Waals surface area contributed by atoms with Crippen molar-refractivity contribution in [3.8, 4) is 0 Å². The summed E-state index contributed by atoms with van der Waals surface area (Å²) >= 11 is 0. The van der Waals surface area contributed by atoms with E-state index in [0.29, 0.717) is 5.57 Å². The number of rotatable bonds is 4. The van der Waals surface area contributed by atoms with E-state index in [4.69, 9.17) is 0 Å². The molecule has 0 radical (unpaired) electrons. The number of halogens is 3. The molecule has 1 aliphatic rings. The molecule has 16 heavy (non-hydrogen) atoms. The van der Waals surface area contributed by atoms with E-state index in [9.17, 15) is 18.0 Å². The Morgan fingerprint density at radius 2 is 2.06 bits per heavy atom. The quantitative estimate of drug-likeness (QED) is 0.598. The Morgan fingerprint density at radius 1 is 1.50 bits per heavy atom. The average molecular weight is 237 g/mol. The molecule has 1 N–H and O–H groups in total. The molecular formula is C10H14F3NO2. The van der Waals surface area contributed by atoms with Gasteiger partial charge in [-0.05, 0) is 19.8 Å². The zero-order valence-electron chi connectivity index (χ0n) is 9.15. The number of hydrogen-bond donors (Lipinski definition) is 1. The van der Waals surface area contributed by atoms with Crippen LogP contribution in [0.1, 0.15) is 19.8 Å². The molecule has 0 bridgehead atoms. The standard InChI is InChI=1S/C10H14F3NO2/c1-7(8(15)16-2)3-6-14-9(4-5-9)10(11,12)13/h3,14H,4-6H2,1-2H3. The first-order valence-corrected chi connectivity index (χ1v) is 4.89. The number of carbonyl (C=O) groups excluding carboxylic acids is 1. The van der Waals surface area contributed by atoms with Crippen molar-refractivity contribution in [2.75, 3.05) is 13.7 Å². The molecular weight excluding hydrogens is 223 g/mol. The molecule has 0 atom stereocenters. The predicted octanol–water partition coefficient (Wildman–Crippen LogP) is 1.79. The number of methoxy groups -OCH3 is 1. The monoisotopic (exact) mass is 237 g/mol. The van der Waals surface area contributed by atoms with Crippen LogP contribution in [0.5, 0.6) is 0 Å². The third-order valence-electron chi connectivity index (χ3n) is 2.65. The van der Waals surface area contributed by atoms with E-state index < -0.39 is 17.7 Å². The topological polar surface area (TPSA) is 38.3 Å². The van der Waals surface area contributed by atoms with Crippen molar-refractivity contribution in [2.45, 2.75) is 31.5 Å². The highest BCUT2D eigenvalue weighted by Crippen LogP contribution is 2.48. The van der Waals surface area contributed by atoms with Crippen molar-refractivity contribution < 1.29 is 22.7 Å². The Balaban J connectivity index is 2.45. The van der Waals surface area contributed by atoms with Crippen LogP contribution >= 0.6 is 0 Å². The zero-order valence-corrected chi connectivity index (χ0v) is 9.15. The number of esters is 1. The molecule has 0 heterocycles. The van der Waals surface area contributed by atoms with Crippen LogP contribution in [-0.2, 0) is 9.53 Å². The Bertz CT molecular complexity index is 306. The van der Waals surface area contributed by atoms with Crippen LogP contribution in [0.2, 0.25) is 0 Å². The molecule has 0 aromatic rings. The summed E-state index contributed by atoms with van der Waals surface area (Å²) in [6.45, 7) is 1.51. The predicted molar refractivity (Wildman–Crippen MR) is 51.8 cm³/mol. The first-order chi connectivity index (χ1) is 7.32. The van der Waals surface area contributed by atoms with Gasteiger partial charge in [0.15, 0.2) is 0 Å². The summed E-state index contributed by atoms with van der Waals surface area (Å²) in [5.41, 5.74) is -1.44. The Hall–Kier alpha value is -1.04. The molecule has 0 aromatic carbocycles. The molecule has 0 unspecified atom stereocenters. The van der Waals surface area contributed by atoms with Gasteiger partial charge in [-0.25, -0.2) is 4.79 Å². The van der Waals surface area contributed by atoms with E-state index in [1.165, 1.54) is 20.1 Å². The molecule has 0 aliphatic heterocycles. The first-order valence-electron chi connectivity index (χ1n) is 4.89. The molecule has 1 fully saturated rings. The minimum absolute atomic E-state index is 0.0143. The molecule has 0 aromatic heterocycles. The fraction of sp³-hybridized carbons (Fsp3) is 0.700. The summed E-state index contributed by atoms with van der Waals surface area (Å²) in [5.74, 6) is -0.529. The molecule has 3 nitrogen and oxygen atoms in total.